The molecule has 0 radical (unpaired) electrons. The van der Waals surface area contributed by atoms with Crippen LogP contribution in [0.25, 0.3) is 10.8 Å². The number of para-hydroxylation sites is 1. The van der Waals surface area contributed by atoms with Gasteiger partial charge in [-0.05, 0) is 35.0 Å². The van der Waals surface area contributed by atoms with Gasteiger partial charge in [0.1, 0.15) is 0 Å². The first-order chi connectivity index (χ1) is 11.1. The van der Waals surface area contributed by atoms with Crippen molar-refractivity contribution < 1.29 is 4.79 Å². The number of carbonyl (C=O) groups is 1. The number of fused-ring (bicyclic) bond motifs is 1. The molecule has 0 unspecified atom stereocenters. The van der Waals surface area contributed by atoms with Gasteiger partial charge in [-0.2, -0.15) is 0 Å². The van der Waals surface area contributed by atoms with E-state index in [4.69, 9.17) is 23.2 Å². The second kappa shape index (κ2) is 7.26. The summed E-state index contributed by atoms with van der Waals surface area (Å²) >= 11 is 13.6. The molecule has 0 saturated heterocycles. The number of nitrogens with one attached hydrogen (secondary N) is 1. The molecule has 0 heterocycles. The molecule has 0 saturated carbocycles. The lowest BCUT2D eigenvalue weighted by Gasteiger charge is -2.09. The number of halogens is 2. The lowest BCUT2D eigenvalue weighted by molar-refractivity contribution is -0.113. The molecule has 1 N–H and O–H groups in total. The third-order valence-electron chi connectivity index (χ3n) is 3.32. The molecule has 0 atom stereocenters. The Bertz CT molecular complexity index is 846. The average molecular weight is 362 g/mol. The molecule has 3 aromatic carbocycles. The summed E-state index contributed by atoms with van der Waals surface area (Å²) in [7, 11) is 0. The number of anilines is 1. The number of hydrogen-bond acceptors (Lipinski definition) is 2. The summed E-state index contributed by atoms with van der Waals surface area (Å²) in [4.78, 5) is 13.2. The summed E-state index contributed by atoms with van der Waals surface area (Å²) in [6.07, 6.45) is 0. The van der Waals surface area contributed by atoms with Gasteiger partial charge >= 0.3 is 0 Å². The Morgan fingerprint density at radius 2 is 1.61 bits per heavy atom. The van der Waals surface area contributed by atoms with Crippen molar-refractivity contribution in [2.24, 2.45) is 0 Å². The van der Waals surface area contributed by atoms with Crippen molar-refractivity contribution in [3.63, 3.8) is 0 Å². The minimum Gasteiger partial charge on any atom is -0.323 e. The van der Waals surface area contributed by atoms with E-state index in [9.17, 15) is 4.79 Å². The predicted octanol–water partition coefficient (Wildman–Crippen LogP) is 5.88. The van der Waals surface area contributed by atoms with Crippen LogP contribution < -0.4 is 5.32 Å². The zero-order valence-electron chi connectivity index (χ0n) is 12.1. The van der Waals surface area contributed by atoms with Crippen molar-refractivity contribution in [1.82, 2.24) is 0 Å². The molecule has 0 spiro atoms. The van der Waals surface area contributed by atoms with Gasteiger partial charge < -0.3 is 5.32 Å². The van der Waals surface area contributed by atoms with E-state index >= 15 is 0 Å². The first-order valence-electron chi connectivity index (χ1n) is 6.99. The van der Waals surface area contributed by atoms with E-state index in [0.29, 0.717) is 21.5 Å². The maximum atomic E-state index is 12.1. The molecule has 0 aliphatic heterocycles. The summed E-state index contributed by atoms with van der Waals surface area (Å²) in [6, 6.07) is 19.4. The maximum Gasteiger partial charge on any atom is 0.234 e. The van der Waals surface area contributed by atoms with Crippen LogP contribution in [0, 0.1) is 0 Å². The van der Waals surface area contributed by atoms with Gasteiger partial charge in [0, 0.05) is 4.90 Å². The minimum atomic E-state index is -0.141. The van der Waals surface area contributed by atoms with Gasteiger partial charge in [0.15, 0.2) is 0 Å². The highest BCUT2D eigenvalue weighted by atomic mass is 35.5. The second-order valence-electron chi connectivity index (χ2n) is 4.94. The largest absolute Gasteiger partial charge is 0.323 e. The number of amides is 1. The molecule has 0 aromatic heterocycles. The number of thioether (sulfide) groups is 1. The molecule has 0 aliphatic rings. The van der Waals surface area contributed by atoms with E-state index in [1.165, 1.54) is 17.1 Å². The molecule has 0 fully saturated rings. The summed E-state index contributed by atoms with van der Waals surface area (Å²) in [5.41, 5.74) is 0.458. The quantitative estimate of drug-likeness (QED) is 0.588. The van der Waals surface area contributed by atoms with E-state index in [1.807, 2.05) is 18.2 Å². The van der Waals surface area contributed by atoms with Crippen LogP contribution in [0.5, 0.6) is 0 Å². The fourth-order valence-electron chi connectivity index (χ4n) is 2.20. The Morgan fingerprint density at radius 1 is 0.913 bits per heavy atom. The molecule has 3 rings (SSSR count). The third kappa shape index (κ3) is 3.99. The summed E-state index contributed by atoms with van der Waals surface area (Å²) in [6.45, 7) is 0. The number of hydrogen-bond donors (Lipinski definition) is 1. The highest BCUT2D eigenvalue weighted by Crippen LogP contribution is 2.30. The van der Waals surface area contributed by atoms with E-state index in [-0.39, 0.29) is 5.91 Å². The summed E-state index contributed by atoms with van der Waals surface area (Å²) in [5, 5.41) is 5.97. The van der Waals surface area contributed by atoms with Crippen molar-refractivity contribution in [3.8, 4) is 0 Å². The van der Waals surface area contributed by atoms with Crippen LogP contribution in [0.1, 0.15) is 0 Å². The van der Waals surface area contributed by atoms with Crippen LogP contribution in [-0.4, -0.2) is 11.7 Å². The molecular formula is C18H13Cl2NOS. The average Bonchev–Trinajstić information content (AvgIpc) is 2.56. The molecule has 0 bridgehead atoms. The number of rotatable bonds is 4. The van der Waals surface area contributed by atoms with Crippen LogP contribution in [0.3, 0.4) is 0 Å². The molecule has 116 valence electrons. The van der Waals surface area contributed by atoms with Crippen LogP contribution in [0.2, 0.25) is 10.0 Å². The Kier molecular flexibility index (Phi) is 5.11. The lowest BCUT2D eigenvalue weighted by Crippen LogP contribution is -2.14. The fraction of sp³-hybridized carbons (Fsp3) is 0.0556. The van der Waals surface area contributed by atoms with Gasteiger partial charge in [0.25, 0.3) is 0 Å². The number of benzene rings is 3. The van der Waals surface area contributed by atoms with Crippen LogP contribution in [0.4, 0.5) is 5.69 Å². The van der Waals surface area contributed by atoms with E-state index in [0.717, 1.165) is 10.3 Å². The van der Waals surface area contributed by atoms with Gasteiger partial charge in [0.05, 0.1) is 21.5 Å². The lowest BCUT2D eigenvalue weighted by atomic mass is 10.1. The van der Waals surface area contributed by atoms with Gasteiger partial charge in [-0.1, -0.05) is 59.6 Å². The van der Waals surface area contributed by atoms with Gasteiger partial charge in [-0.15, -0.1) is 11.8 Å². The zero-order chi connectivity index (χ0) is 16.2. The highest BCUT2D eigenvalue weighted by molar-refractivity contribution is 8.00. The third-order valence-corrected chi connectivity index (χ3v) is 4.94. The van der Waals surface area contributed by atoms with Crippen molar-refractivity contribution >= 4 is 57.3 Å². The van der Waals surface area contributed by atoms with Gasteiger partial charge in [-0.25, -0.2) is 0 Å². The molecule has 23 heavy (non-hydrogen) atoms. The van der Waals surface area contributed by atoms with Crippen LogP contribution in [0.15, 0.2) is 65.6 Å². The van der Waals surface area contributed by atoms with Crippen LogP contribution >= 0.6 is 35.0 Å². The van der Waals surface area contributed by atoms with Crippen molar-refractivity contribution in [3.05, 3.63) is 70.7 Å². The molecule has 1 amide bonds. The Labute approximate surface area is 148 Å². The second-order valence-corrected chi connectivity index (χ2v) is 6.81. The Hall–Kier alpha value is -1.68. The summed E-state index contributed by atoms with van der Waals surface area (Å²) < 4.78 is 0. The Balaban J connectivity index is 1.66. The smallest absolute Gasteiger partial charge is 0.234 e. The van der Waals surface area contributed by atoms with Crippen molar-refractivity contribution in [2.75, 3.05) is 11.1 Å². The fourth-order valence-corrected chi connectivity index (χ4v) is 3.44. The Morgan fingerprint density at radius 3 is 2.35 bits per heavy atom. The monoisotopic (exact) mass is 361 g/mol. The molecule has 2 nitrogen and oxygen atoms in total. The standard InChI is InChI=1S/C18H13Cl2NOS/c19-15-6-3-7-16(20)18(15)21-17(22)11-23-14-9-8-12-4-1-2-5-13(12)10-14/h1-10H,11H2,(H,21,22). The topological polar surface area (TPSA) is 29.1 Å². The molecule has 5 heteroatoms. The SMILES string of the molecule is O=C(CSc1ccc2ccccc2c1)Nc1c(Cl)cccc1Cl. The van der Waals surface area contributed by atoms with Gasteiger partial charge in [-0.3, -0.25) is 4.79 Å². The first kappa shape index (κ1) is 16.2. The maximum absolute atomic E-state index is 12.1. The van der Waals surface area contributed by atoms with Crippen molar-refractivity contribution in [2.45, 2.75) is 4.90 Å². The number of carbonyl (C=O) groups excluding carboxylic acids is 1. The minimum absolute atomic E-state index is 0.141. The highest BCUT2D eigenvalue weighted by Gasteiger charge is 2.10. The van der Waals surface area contributed by atoms with E-state index in [2.05, 4.69) is 29.6 Å². The zero-order valence-corrected chi connectivity index (χ0v) is 14.4. The first-order valence-corrected chi connectivity index (χ1v) is 8.73. The predicted molar refractivity (Wildman–Crippen MR) is 99.8 cm³/mol. The molecule has 3 aromatic rings. The van der Waals surface area contributed by atoms with Gasteiger partial charge in [0.2, 0.25) is 5.91 Å². The van der Waals surface area contributed by atoms with E-state index in [1.54, 1.807) is 18.2 Å². The molecule has 0 aliphatic carbocycles. The summed E-state index contributed by atoms with van der Waals surface area (Å²) in [5.74, 6) is 0.151. The van der Waals surface area contributed by atoms with Crippen LogP contribution in [-0.2, 0) is 4.79 Å². The van der Waals surface area contributed by atoms with Crippen molar-refractivity contribution in [1.29, 1.82) is 0 Å². The molecular weight excluding hydrogens is 349 g/mol. The van der Waals surface area contributed by atoms with E-state index < -0.39 is 0 Å². The normalized spacial score (nSPS) is 10.7.